The largest absolute Gasteiger partial charge is 0.409 e. The van der Waals surface area contributed by atoms with E-state index in [2.05, 4.69) is 10.5 Å². The maximum Gasteiger partial charge on any atom is 0.251 e. The molecule has 1 aromatic carbocycles. The van der Waals surface area contributed by atoms with E-state index in [1.807, 2.05) is 0 Å². The lowest BCUT2D eigenvalue weighted by Crippen LogP contribution is -2.46. The minimum absolute atomic E-state index is 0.00652. The third-order valence-electron chi connectivity index (χ3n) is 2.92. The van der Waals surface area contributed by atoms with E-state index in [1.54, 1.807) is 0 Å². The molecule has 1 amide bonds. The molecule has 0 saturated heterocycles. The number of amidine groups is 1. The Hall–Kier alpha value is -2.11. The number of amides is 1. The Morgan fingerprint density at radius 2 is 2.06 bits per heavy atom. The van der Waals surface area contributed by atoms with Crippen LogP contribution in [0.4, 0.5) is 4.39 Å². The molecule has 0 bridgehead atoms. The molecule has 18 heavy (non-hydrogen) atoms. The van der Waals surface area contributed by atoms with Gasteiger partial charge < -0.3 is 16.3 Å². The van der Waals surface area contributed by atoms with Crippen molar-refractivity contribution in [3.63, 3.8) is 0 Å². The molecule has 0 heterocycles. The van der Waals surface area contributed by atoms with E-state index in [0.29, 0.717) is 5.56 Å². The summed E-state index contributed by atoms with van der Waals surface area (Å²) in [6, 6.07) is 4.74. The van der Waals surface area contributed by atoms with Crippen molar-refractivity contribution >= 4 is 11.7 Å². The van der Waals surface area contributed by atoms with E-state index in [1.165, 1.54) is 24.3 Å². The van der Waals surface area contributed by atoms with Gasteiger partial charge in [-0.3, -0.25) is 4.79 Å². The Morgan fingerprint density at radius 1 is 1.44 bits per heavy atom. The van der Waals surface area contributed by atoms with Crippen LogP contribution in [-0.4, -0.2) is 23.0 Å². The Labute approximate surface area is 103 Å². The SMILES string of the molecule is NC(=NO)C(NC(=O)c1ccc(F)cc1)C1CC1. The maximum absolute atomic E-state index is 12.7. The number of nitrogens with one attached hydrogen (secondary N) is 1. The summed E-state index contributed by atoms with van der Waals surface area (Å²) in [6.45, 7) is 0. The summed E-state index contributed by atoms with van der Waals surface area (Å²) in [6.07, 6.45) is 1.87. The normalized spacial score (nSPS) is 17.3. The van der Waals surface area contributed by atoms with Crippen LogP contribution in [0.5, 0.6) is 0 Å². The summed E-state index contributed by atoms with van der Waals surface area (Å²) in [7, 11) is 0. The van der Waals surface area contributed by atoms with Crippen LogP contribution in [0.25, 0.3) is 0 Å². The standard InChI is InChI=1S/C12H14FN3O2/c13-9-5-3-8(4-6-9)12(17)15-10(7-1-2-7)11(14)16-18/h3-7,10,18H,1-2H2,(H2,14,16)(H,15,17). The minimum atomic E-state index is -0.465. The molecular weight excluding hydrogens is 237 g/mol. The van der Waals surface area contributed by atoms with Gasteiger partial charge in [0.15, 0.2) is 5.84 Å². The molecule has 1 aliphatic carbocycles. The van der Waals surface area contributed by atoms with Crippen LogP contribution in [0, 0.1) is 11.7 Å². The zero-order valence-electron chi connectivity index (χ0n) is 9.64. The van der Waals surface area contributed by atoms with Gasteiger partial charge in [-0.2, -0.15) is 0 Å². The molecule has 6 heteroatoms. The number of hydrogen-bond donors (Lipinski definition) is 3. The fraction of sp³-hybridized carbons (Fsp3) is 0.333. The number of carbonyl (C=O) groups is 1. The van der Waals surface area contributed by atoms with Crippen LogP contribution in [0.15, 0.2) is 29.4 Å². The highest BCUT2D eigenvalue weighted by Gasteiger charge is 2.35. The number of nitrogens with zero attached hydrogens (tertiary/aromatic N) is 1. The summed E-state index contributed by atoms with van der Waals surface area (Å²) < 4.78 is 12.7. The van der Waals surface area contributed by atoms with Crippen molar-refractivity contribution in [3.05, 3.63) is 35.6 Å². The Kier molecular flexibility index (Phi) is 3.45. The van der Waals surface area contributed by atoms with Gasteiger partial charge in [-0.05, 0) is 43.0 Å². The van der Waals surface area contributed by atoms with Gasteiger partial charge in [0, 0.05) is 5.56 Å². The van der Waals surface area contributed by atoms with Crippen LogP contribution in [-0.2, 0) is 0 Å². The number of carbonyl (C=O) groups excluding carboxylic acids is 1. The van der Waals surface area contributed by atoms with E-state index < -0.39 is 11.9 Å². The summed E-state index contributed by atoms with van der Waals surface area (Å²) in [5, 5.41) is 14.3. The van der Waals surface area contributed by atoms with Gasteiger partial charge in [0.1, 0.15) is 5.82 Å². The molecule has 1 saturated carbocycles. The second-order valence-corrected chi connectivity index (χ2v) is 4.32. The van der Waals surface area contributed by atoms with Crippen LogP contribution in [0.1, 0.15) is 23.2 Å². The molecule has 4 N–H and O–H groups in total. The third-order valence-corrected chi connectivity index (χ3v) is 2.92. The van der Waals surface area contributed by atoms with Crippen LogP contribution < -0.4 is 11.1 Å². The second-order valence-electron chi connectivity index (χ2n) is 4.32. The maximum atomic E-state index is 12.7. The van der Waals surface area contributed by atoms with E-state index in [4.69, 9.17) is 10.9 Å². The van der Waals surface area contributed by atoms with Crippen molar-refractivity contribution in [1.29, 1.82) is 0 Å². The van der Waals surface area contributed by atoms with Gasteiger partial charge in [0.05, 0.1) is 6.04 Å². The number of oxime groups is 1. The van der Waals surface area contributed by atoms with Gasteiger partial charge in [0.25, 0.3) is 5.91 Å². The van der Waals surface area contributed by atoms with Crippen LogP contribution >= 0.6 is 0 Å². The van der Waals surface area contributed by atoms with Gasteiger partial charge in [-0.1, -0.05) is 5.16 Å². The highest BCUT2D eigenvalue weighted by molar-refractivity contribution is 5.98. The average molecular weight is 251 g/mol. The van der Waals surface area contributed by atoms with E-state index >= 15 is 0 Å². The molecule has 1 atom stereocenters. The minimum Gasteiger partial charge on any atom is -0.409 e. The van der Waals surface area contributed by atoms with Crippen molar-refractivity contribution in [1.82, 2.24) is 5.32 Å². The summed E-state index contributed by atoms with van der Waals surface area (Å²) >= 11 is 0. The Balaban J connectivity index is 2.07. The number of benzene rings is 1. The number of rotatable bonds is 4. The molecule has 2 rings (SSSR count). The first-order valence-electron chi connectivity index (χ1n) is 5.65. The predicted octanol–water partition coefficient (Wildman–Crippen LogP) is 1.08. The summed E-state index contributed by atoms with van der Waals surface area (Å²) in [5.41, 5.74) is 5.87. The van der Waals surface area contributed by atoms with Crippen molar-refractivity contribution in [2.75, 3.05) is 0 Å². The third kappa shape index (κ3) is 2.77. The van der Waals surface area contributed by atoms with Gasteiger partial charge in [0.2, 0.25) is 0 Å². The van der Waals surface area contributed by atoms with Crippen molar-refractivity contribution < 1.29 is 14.4 Å². The molecule has 1 aliphatic rings. The zero-order chi connectivity index (χ0) is 13.1. The van der Waals surface area contributed by atoms with E-state index in [-0.39, 0.29) is 17.7 Å². The fourth-order valence-electron chi connectivity index (χ4n) is 1.75. The van der Waals surface area contributed by atoms with Crippen LogP contribution in [0.3, 0.4) is 0 Å². The molecule has 5 nitrogen and oxygen atoms in total. The van der Waals surface area contributed by atoms with Gasteiger partial charge >= 0.3 is 0 Å². The Morgan fingerprint density at radius 3 is 2.56 bits per heavy atom. The molecule has 0 aliphatic heterocycles. The van der Waals surface area contributed by atoms with E-state index in [9.17, 15) is 9.18 Å². The quantitative estimate of drug-likeness (QED) is 0.324. The molecule has 96 valence electrons. The highest BCUT2D eigenvalue weighted by atomic mass is 19.1. The monoisotopic (exact) mass is 251 g/mol. The molecule has 0 radical (unpaired) electrons. The Bertz CT molecular complexity index is 469. The topological polar surface area (TPSA) is 87.7 Å². The molecule has 1 fully saturated rings. The number of nitrogens with two attached hydrogens (primary N) is 1. The molecule has 1 aromatic rings. The predicted molar refractivity (Wildman–Crippen MR) is 63.8 cm³/mol. The first-order valence-corrected chi connectivity index (χ1v) is 5.65. The molecule has 0 spiro atoms. The van der Waals surface area contributed by atoms with Crippen molar-refractivity contribution in [2.24, 2.45) is 16.8 Å². The second kappa shape index (κ2) is 5.03. The first-order chi connectivity index (χ1) is 8.61. The van der Waals surface area contributed by atoms with Gasteiger partial charge in [-0.15, -0.1) is 0 Å². The highest BCUT2D eigenvalue weighted by Crippen LogP contribution is 2.32. The number of halogens is 1. The smallest absolute Gasteiger partial charge is 0.251 e. The lowest BCUT2D eigenvalue weighted by atomic mass is 10.1. The zero-order valence-corrected chi connectivity index (χ0v) is 9.64. The number of hydrogen-bond acceptors (Lipinski definition) is 3. The first kappa shape index (κ1) is 12.3. The average Bonchev–Trinajstić information content (AvgIpc) is 3.20. The van der Waals surface area contributed by atoms with Crippen LogP contribution in [0.2, 0.25) is 0 Å². The summed E-state index contributed by atoms with van der Waals surface area (Å²) in [4.78, 5) is 11.9. The van der Waals surface area contributed by atoms with Crippen molar-refractivity contribution in [2.45, 2.75) is 18.9 Å². The molecular formula is C12H14FN3O2. The summed E-state index contributed by atoms with van der Waals surface area (Å²) in [5.74, 6) is -0.557. The van der Waals surface area contributed by atoms with E-state index in [0.717, 1.165) is 12.8 Å². The lowest BCUT2D eigenvalue weighted by molar-refractivity contribution is 0.0943. The molecule has 1 unspecified atom stereocenters. The fourth-order valence-corrected chi connectivity index (χ4v) is 1.75. The van der Waals surface area contributed by atoms with Gasteiger partial charge in [-0.25, -0.2) is 4.39 Å². The molecule has 0 aromatic heterocycles. The van der Waals surface area contributed by atoms with Crippen molar-refractivity contribution in [3.8, 4) is 0 Å². The lowest BCUT2D eigenvalue weighted by Gasteiger charge is -2.16.